The normalized spacial score (nSPS) is 25.0. The van der Waals surface area contributed by atoms with Gasteiger partial charge in [0.15, 0.2) is 0 Å². The van der Waals surface area contributed by atoms with Crippen molar-refractivity contribution in [3.63, 3.8) is 0 Å². The van der Waals surface area contributed by atoms with Crippen LogP contribution in [0.15, 0.2) is 95.5 Å². The minimum atomic E-state index is -0.752. The van der Waals surface area contributed by atoms with E-state index >= 15 is 0 Å². The number of aromatic nitrogens is 1. The lowest BCUT2D eigenvalue weighted by Gasteiger charge is -2.47. The van der Waals surface area contributed by atoms with Gasteiger partial charge in [0, 0.05) is 41.0 Å². The Balaban J connectivity index is 0.000000220. The number of allylic oxidation sites excluding steroid dienone is 2. The molecule has 15 heteroatoms. The summed E-state index contributed by atoms with van der Waals surface area (Å²) >= 11 is 6.42. The van der Waals surface area contributed by atoms with Crippen LogP contribution in [0.4, 0.5) is 9.18 Å². The molecular formula is C49H58ClFN4O9. The second-order valence-electron chi connectivity index (χ2n) is 16.3. The van der Waals surface area contributed by atoms with Gasteiger partial charge in [-0.1, -0.05) is 54.1 Å². The van der Waals surface area contributed by atoms with Gasteiger partial charge in [-0.2, -0.15) is 0 Å². The Morgan fingerprint density at radius 1 is 1.00 bits per heavy atom. The number of rotatable bonds is 13. The molecule has 1 unspecified atom stereocenters. The predicted molar refractivity (Wildman–Crippen MR) is 240 cm³/mol. The number of esters is 3. The summed E-state index contributed by atoms with van der Waals surface area (Å²) in [5.74, 6) is -1.24. The Kier molecular flexibility index (Phi) is 16.7. The highest BCUT2D eigenvalue weighted by Gasteiger charge is 2.54. The quantitative estimate of drug-likeness (QED) is 0.0860. The topological polar surface area (TPSA) is 177 Å². The Labute approximate surface area is 378 Å². The van der Waals surface area contributed by atoms with Gasteiger partial charge in [-0.25, -0.2) is 18.8 Å². The first-order valence-electron chi connectivity index (χ1n) is 21.9. The smallest absolute Gasteiger partial charge is 0.407 e. The van der Waals surface area contributed by atoms with Crippen LogP contribution in [0.5, 0.6) is 0 Å². The van der Waals surface area contributed by atoms with E-state index in [0.29, 0.717) is 59.1 Å². The molecule has 2 saturated carbocycles. The fraction of sp³-hybridized carbons (Fsp3) is 0.449. The van der Waals surface area contributed by atoms with Crippen LogP contribution in [0, 0.1) is 35.4 Å². The van der Waals surface area contributed by atoms with E-state index in [4.69, 9.17) is 41.0 Å². The molecule has 2 aliphatic carbocycles. The molecule has 3 heterocycles. The van der Waals surface area contributed by atoms with Crippen LogP contribution in [0.3, 0.4) is 0 Å². The molecule has 2 aliphatic heterocycles. The number of ether oxygens (including phenoxy) is 5. The summed E-state index contributed by atoms with van der Waals surface area (Å²) in [5.41, 5.74) is 10.2. The number of cyclic esters (lactones) is 1. The number of dihydropyridines is 1. The van der Waals surface area contributed by atoms with Crippen molar-refractivity contribution in [2.45, 2.75) is 71.4 Å². The van der Waals surface area contributed by atoms with E-state index < -0.39 is 17.9 Å². The fourth-order valence-corrected chi connectivity index (χ4v) is 10.0. The van der Waals surface area contributed by atoms with E-state index in [0.717, 1.165) is 42.5 Å². The Bertz CT molecular complexity index is 2250. The van der Waals surface area contributed by atoms with Gasteiger partial charge in [0.1, 0.15) is 11.9 Å². The van der Waals surface area contributed by atoms with Crippen LogP contribution in [0.1, 0.15) is 70.6 Å². The minimum Gasteiger partial charge on any atom is -0.466 e. The summed E-state index contributed by atoms with van der Waals surface area (Å²) in [7, 11) is 1.29. The molecule has 4 N–H and O–H groups in total. The number of methoxy groups -OCH3 is 1. The van der Waals surface area contributed by atoms with Gasteiger partial charge in [-0.05, 0) is 113 Å². The summed E-state index contributed by atoms with van der Waals surface area (Å²) in [5, 5.41) is 6.52. The fourth-order valence-electron chi connectivity index (χ4n) is 9.76. The van der Waals surface area contributed by atoms with E-state index in [1.165, 1.54) is 19.2 Å². The second kappa shape index (κ2) is 22.4. The number of nitrogens with two attached hydrogens (primary N) is 1. The third-order valence-corrected chi connectivity index (χ3v) is 12.8. The molecule has 2 aromatic carbocycles. The number of fused-ring (bicyclic) bond motifs is 2. The average Bonchev–Trinajstić information content (AvgIpc) is 3.56. The number of nitrogens with one attached hydrogen (secondary N) is 2. The lowest BCUT2D eigenvalue weighted by atomic mass is 9.57. The standard InChI is InChI=1S/C29H33FN2O4.C20H25ClN2O5/c1-3-35-29(34)32-23-10-11-24-20(14-23)15-26-27(17(2)36-28(26)33)25(24)12-9-22-8-7-19(16-31-22)18-5-4-6-21(30)13-18;1-4-28-20(25)18-15(11-27-10-9-22)23-12(2)16(19(24)26-3)17(18)13-7-5-6-8-14(13)21/h4-9,12-13,16-17,20,23-27H,3,10-11,14-15H2,1-2H3,(H,32,34);5-8,17,23H,4,9-11,22H2,1-3H3/b12-9+;/t17-,20+,23-,24-,25+,26-,27+;/m1./s1. The molecule has 0 spiro atoms. The minimum absolute atomic E-state index is 0.0679. The second-order valence-corrected chi connectivity index (χ2v) is 16.7. The SMILES string of the molecule is CCOC(=O)C1=C(COCCN)NC(C)=C(C(=O)OC)C1c1ccccc1Cl.CCOC(=O)N[C@@H]1CC[C@@H]2[C@@H](C1)C[C@H]1C(=O)O[C@H](C)[C@H]1[C@H]2/C=C/c1ccc(-c2cccc(F)c2)cn1. The lowest BCUT2D eigenvalue weighted by molar-refractivity contribution is -0.144. The molecule has 342 valence electrons. The Morgan fingerprint density at radius 3 is 2.47 bits per heavy atom. The summed E-state index contributed by atoms with van der Waals surface area (Å²) in [6, 6.07) is 17.5. The Morgan fingerprint density at radius 2 is 1.78 bits per heavy atom. The van der Waals surface area contributed by atoms with Gasteiger partial charge in [-0.3, -0.25) is 9.78 Å². The molecule has 3 aromatic rings. The maximum atomic E-state index is 13.6. The first-order valence-corrected chi connectivity index (χ1v) is 22.3. The zero-order chi connectivity index (χ0) is 45.9. The number of hydrogen-bond acceptors (Lipinski definition) is 12. The van der Waals surface area contributed by atoms with Crippen molar-refractivity contribution >= 4 is 41.7 Å². The van der Waals surface area contributed by atoms with E-state index in [2.05, 4.69) is 21.7 Å². The number of benzene rings is 2. The molecule has 1 amide bonds. The highest BCUT2D eigenvalue weighted by atomic mass is 35.5. The largest absolute Gasteiger partial charge is 0.466 e. The third kappa shape index (κ3) is 11.2. The molecule has 1 saturated heterocycles. The van der Waals surface area contributed by atoms with Crippen LogP contribution in [-0.4, -0.2) is 81.2 Å². The van der Waals surface area contributed by atoms with Gasteiger partial charge >= 0.3 is 24.0 Å². The van der Waals surface area contributed by atoms with Gasteiger partial charge in [0.25, 0.3) is 0 Å². The van der Waals surface area contributed by atoms with Crippen LogP contribution >= 0.6 is 11.6 Å². The number of nitrogens with zero attached hydrogens (tertiary/aromatic N) is 1. The molecule has 13 nitrogen and oxygen atoms in total. The summed E-state index contributed by atoms with van der Waals surface area (Å²) in [6.07, 6.45) is 9.07. The molecule has 64 heavy (non-hydrogen) atoms. The van der Waals surface area contributed by atoms with Crippen molar-refractivity contribution in [1.82, 2.24) is 15.6 Å². The number of hydrogen-bond donors (Lipinski definition) is 3. The van der Waals surface area contributed by atoms with E-state index in [1.807, 2.05) is 31.2 Å². The first kappa shape index (κ1) is 47.9. The number of carbonyl (C=O) groups excluding carboxylic acids is 4. The molecule has 7 rings (SSSR count). The molecule has 4 aliphatic rings. The van der Waals surface area contributed by atoms with Crippen LogP contribution in [0.25, 0.3) is 17.2 Å². The molecular weight excluding hydrogens is 843 g/mol. The van der Waals surface area contributed by atoms with E-state index in [-0.39, 0.29) is 66.6 Å². The van der Waals surface area contributed by atoms with Crippen LogP contribution < -0.4 is 16.4 Å². The lowest BCUT2D eigenvalue weighted by Crippen LogP contribution is -2.48. The van der Waals surface area contributed by atoms with Gasteiger partial charge < -0.3 is 40.1 Å². The van der Waals surface area contributed by atoms with Crippen molar-refractivity contribution < 1.29 is 47.3 Å². The Hall–Kier alpha value is -5.57. The van der Waals surface area contributed by atoms with Crippen molar-refractivity contribution in [2.75, 3.05) is 40.1 Å². The number of amides is 1. The third-order valence-electron chi connectivity index (χ3n) is 12.4. The number of halogens is 2. The van der Waals surface area contributed by atoms with Crippen molar-refractivity contribution in [2.24, 2.45) is 35.3 Å². The highest BCUT2D eigenvalue weighted by Crippen LogP contribution is 2.53. The number of carbonyl (C=O) groups is 4. The summed E-state index contributed by atoms with van der Waals surface area (Å²) in [4.78, 5) is 54.7. The number of pyridine rings is 1. The first-order chi connectivity index (χ1) is 30.9. The van der Waals surface area contributed by atoms with Crippen molar-refractivity contribution in [1.29, 1.82) is 0 Å². The van der Waals surface area contributed by atoms with Crippen LogP contribution in [0.2, 0.25) is 5.02 Å². The van der Waals surface area contributed by atoms with Gasteiger partial charge in [0.05, 0.1) is 67.9 Å². The maximum Gasteiger partial charge on any atom is 0.407 e. The van der Waals surface area contributed by atoms with Crippen molar-refractivity contribution in [3.8, 4) is 11.1 Å². The molecule has 0 bridgehead atoms. The molecule has 3 fully saturated rings. The van der Waals surface area contributed by atoms with Gasteiger partial charge in [-0.15, -0.1) is 0 Å². The van der Waals surface area contributed by atoms with E-state index in [9.17, 15) is 23.6 Å². The van der Waals surface area contributed by atoms with Crippen molar-refractivity contribution in [3.05, 3.63) is 118 Å². The van der Waals surface area contributed by atoms with E-state index in [1.54, 1.807) is 57.3 Å². The molecule has 1 aromatic heterocycles. The zero-order valence-corrected chi connectivity index (χ0v) is 37.7. The zero-order valence-electron chi connectivity index (χ0n) is 36.9. The maximum absolute atomic E-state index is 13.6. The molecule has 8 atom stereocenters. The van der Waals surface area contributed by atoms with Crippen LogP contribution in [-0.2, 0) is 38.1 Å². The van der Waals surface area contributed by atoms with Gasteiger partial charge in [0.2, 0.25) is 0 Å². The average molecular weight is 901 g/mol. The monoisotopic (exact) mass is 900 g/mol. The summed E-state index contributed by atoms with van der Waals surface area (Å²) in [6.45, 7) is 8.57. The molecule has 0 radical (unpaired) electrons. The number of alkyl carbamates (subject to hydrolysis) is 1. The predicted octanol–water partition coefficient (Wildman–Crippen LogP) is 7.90. The highest BCUT2D eigenvalue weighted by molar-refractivity contribution is 6.31. The summed E-state index contributed by atoms with van der Waals surface area (Å²) < 4.78 is 40.1.